The first-order valence-electron chi connectivity index (χ1n) is 7.08. The van der Waals surface area contributed by atoms with Gasteiger partial charge in [-0.25, -0.2) is 4.98 Å². The van der Waals surface area contributed by atoms with Gasteiger partial charge in [-0.1, -0.05) is 24.6 Å². The number of benzene rings is 1. The van der Waals surface area contributed by atoms with Gasteiger partial charge in [0.25, 0.3) is 0 Å². The molecule has 1 fully saturated rings. The molecule has 1 aromatic carbocycles. The van der Waals surface area contributed by atoms with Crippen LogP contribution in [0.5, 0.6) is 0 Å². The minimum Gasteiger partial charge on any atom is -0.359 e. The number of para-hydroxylation sites is 1. The van der Waals surface area contributed by atoms with Crippen LogP contribution in [0.3, 0.4) is 0 Å². The molecule has 0 bridgehead atoms. The van der Waals surface area contributed by atoms with E-state index in [2.05, 4.69) is 30.1 Å². The van der Waals surface area contributed by atoms with Gasteiger partial charge in [0.2, 0.25) is 0 Å². The average Bonchev–Trinajstić information content (AvgIpc) is 2.41. The summed E-state index contributed by atoms with van der Waals surface area (Å²) in [7, 11) is 2.13. The Morgan fingerprint density at radius 2 is 2.11 bits per heavy atom. The SMILES string of the molecule is CN(CC1CCC1)c1nc2ccccc2cc1CN. The summed E-state index contributed by atoms with van der Waals surface area (Å²) >= 11 is 0. The van der Waals surface area contributed by atoms with E-state index >= 15 is 0 Å². The Hall–Kier alpha value is -1.61. The molecule has 0 amide bonds. The maximum Gasteiger partial charge on any atom is 0.133 e. The van der Waals surface area contributed by atoms with Crippen LogP contribution in [0.15, 0.2) is 30.3 Å². The second-order valence-corrected chi connectivity index (χ2v) is 5.55. The summed E-state index contributed by atoms with van der Waals surface area (Å²) in [4.78, 5) is 7.08. The van der Waals surface area contributed by atoms with Gasteiger partial charge in [0.1, 0.15) is 5.82 Å². The van der Waals surface area contributed by atoms with Crippen LogP contribution in [0.1, 0.15) is 24.8 Å². The standard InChI is InChI=1S/C16H21N3/c1-19(11-12-5-4-6-12)16-14(10-17)9-13-7-2-3-8-15(13)18-16/h2-3,7-9,12H,4-6,10-11,17H2,1H3. The second kappa shape index (κ2) is 5.17. The molecule has 1 heterocycles. The van der Waals surface area contributed by atoms with Crippen molar-refractivity contribution in [1.29, 1.82) is 0 Å². The van der Waals surface area contributed by atoms with E-state index in [4.69, 9.17) is 10.7 Å². The Morgan fingerprint density at radius 3 is 2.79 bits per heavy atom. The number of nitrogens with zero attached hydrogens (tertiary/aromatic N) is 2. The van der Waals surface area contributed by atoms with E-state index in [1.807, 2.05) is 12.1 Å². The van der Waals surface area contributed by atoms with Gasteiger partial charge >= 0.3 is 0 Å². The van der Waals surface area contributed by atoms with Gasteiger partial charge in [-0.3, -0.25) is 0 Å². The average molecular weight is 255 g/mol. The lowest BCUT2D eigenvalue weighted by Crippen LogP contribution is -2.30. The minimum absolute atomic E-state index is 0.544. The van der Waals surface area contributed by atoms with E-state index in [9.17, 15) is 0 Å². The zero-order valence-corrected chi connectivity index (χ0v) is 11.5. The number of pyridine rings is 1. The summed E-state index contributed by atoms with van der Waals surface area (Å²) in [6.07, 6.45) is 4.10. The Balaban J connectivity index is 1.95. The van der Waals surface area contributed by atoms with E-state index < -0.39 is 0 Å². The van der Waals surface area contributed by atoms with Crippen LogP contribution in [0, 0.1) is 5.92 Å². The molecule has 1 aliphatic rings. The lowest BCUT2D eigenvalue weighted by atomic mass is 9.85. The summed E-state index contributed by atoms with van der Waals surface area (Å²) in [5.74, 6) is 1.89. The smallest absolute Gasteiger partial charge is 0.133 e. The third-order valence-electron chi connectivity index (χ3n) is 4.12. The van der Waals surface area contributed by atoms with Crippen molar-refractivity contribution in [3.63, 3.8) is 0 Å². The summed E-state index contributed by atoms with van der Waals surface area (Å²) in [5, 5.41) is 1.17. The molecule has 0 radical (unpaired) electrons. The van der Waals surface area contributed by atoms with E-state index in [0.717, 1.165) is 29.4 Å². The van der Waals surface area contributed by atoms with Gasteiger partial charge < -0.3 is 10.6 Å². The summed E-state index contributed by atoms with van der Waals surface area (Å²) in [6, 6.07) is 10.4. The summed E-state index contributed by atoms with van der Waals surface area (Å²) in [5.41, 5.74) is 8.08. The number of hydrogen-bond acceptors (Lipinski definition) is 3. The lowest BCUT2D eigenvalue weighted by Gasteiger charge is -2.31. The highest BCUT2D eigenvalue weighted by atomic mass is 15.2. The molecule has 0 saturated heterocycles. The monoisotopic (exact) mass is 255 g/mol. The van der Waals surface area contributed by atoms with Crippen molar-refractivity contribution in [2.45, 2.75) is 25.8 Å². The Kier molecular flexibility index (Phi) is 3.38. The number of fused-ring (bicyclic) bond motifs is 1. The molecule has 100 valence electrons. The van der Waals surface area contributed by atoms with E-state index in [1.54, 1.807) is 0 Å². The molecule has 2 N–H and O–H groups in total. The molecule has 1 aromatic heterocycles. The second-order valence-electron chi connectivity index (χ2n) is 5.55. The summed E-state index contributed by atoms with van der Waals surface area (Å²) in [6.45, 7) is 1.64. The molecule has 0 aliphatic heterocycles. The predicted molar refractivity (Wildman–Crippen MR) is 80.2 cm³/mol. The Morgan fingerprint density at radius 1 is 1.32 bits per heavy atom. The van der Waals surface area contributed by atoms with E-state index in [-0.39, 0.29) is 0 Å². The number of hydrogen-bond donors (Lipinski definition) is 1. The number of aromatic nitrogens is 1. The molecular weight excluding hydrogens is 234 g/mol. The first kappa shape index (κ1) is 12.4. The van der Waals surface area contributed by atoms with Crippen LogP contribution >= 0.6 is 0 Å². The molecule has 1 saturated carbocycles. The molecule has 3 nitrogen and oxygen atoms in total. The zero-order chi connectivity index (χ0) is 13.2. The number of anilines is 1. The molecule has 2 aromatic rings. The van der Waals surface area contributed by atoms with Crippen molar-refractivity contribution >= 4 is 16.7 Å². The van der Waals surface area contributed by atoms with Crippen molar-refractivity contribution in [1.82, 2.24) is 4.98 Å². The highest BCUT2D eigenvalue weighted by molar-refractivity contribution is 5.81. The fourth-order valence-electron chi connectivity index (χ4n) is 2.78. The molecule has 0 spiro atoms. The van der Waals surface area contributed by atoms with Gasteiger partial charge in [0.15, 0.2) is 0 Å². The molecule has 19 heavy (non-hydrogen) atoms. The van der Waals surface area contributed by atoms with Crippen molar-refractivity contribution in [2.24, 2.45) is 11.7 Å². The van der Waals surface area contributed by atoms with Crippen molar-refractivity contribution in [2.75, 3.05) is 18.5 Å². The molecular formula is C16H21N3. The highest BCUT2D eigenvalue weighted by Crippen LogP contribution is 2.29. The van der Waals surface area contributed by atoms with Crippen molar-refractivity contribution < 1.29 is 0 Å². The topological polar surface area (TPSA) is 42.2 Å². The van der Waals surface area contributed by atoms with Gasteiger partial charge in [-0.15, -0.1) is 0 Å². The third-order valence-corrected chi connectivity index (χ3v) is 4.12. The van der Waals surface area contributed by atoms with E-state index in [0.29, 0.717) is 6.54 Å². The lowest BCUT2D eigenvalue weighted by molar-refractivity contribution is 0.321. The highest BCUT2D eigenvalue weighted by Gasteiger charge is 2.20. The fraction of sp³-hybridized carbons (Fsp3) is 0.438. The maximum atomic E-state index is 5.89. The van der Waals surface area contributed by atoms with Crippen molar-refractivity contribution in [3.05, 3.63) is 35.9 Å². The predicted octanol–water partition coefficient (Wildman–Crippen LogP) is 2.93. The molecule has 3 rings (SSSR count). The molecule has 1 aliphatic carbocycles. The van der Waals surface area contributed by atoms with Crippen molar-refractivity contribution in [3.8, 4) is 0 Å². The molecule has 3 heteroatoms. The minimum atomic E-state index is 0.544. The van der Waals surface area contributed by atoms with Crippen LogP contribution in [0.25, 0.3) is 10.9 Å². The quantitative estimate of drug-likeness (QED) is 0.913. The maximum absolute atomic E-state index is 5.89. The first-order valence-corrected chi connectivity index (χ1v) is 7.08. The Bertz CT molecular complexity index is 575. The van der Waals surface area contributed by atoms with Gasteiger partial charge in [-0.2, -0.15) is 0 Å². The van der Waals surface area contributed by atoms with Gasteiger partial charge in [-0.05, 0) is 30.9 Å². The van der Waals surface area contributed by atoms with Gasteiger partial charge in [0, 0.05) is 31.1 Å². The summed E-state index contributed by atoms with van der Waals surface area (Å²) < 4.78 is 0. The Labute approximate surface area is 114 Å². The van der Waals surface area contributed by atoms with Crippen LogP contribution in [0.2, 0.25) is 0 Å². The van der Waals surface area contributed by atoms with Crippen LogP contribution in [-0.4, -0.2) is 18.6 Å². The number of nitrogens with two attached hydrogens (primary N) is 1. The third kappa shape index (κ3) is 2.43. The van der Waals surface area contributed by atoms with E-state index in [1.165, 1.54) is 24.6 Å². The van der Waals surface area contributed by atoms with Crippen LogP contribution in [-0.2, 0) is 6.54 Å². The molecule has 0 atom stereocenters. The fourth-order valence-corrected chi connectivity index (χ4v) is 2.78. The largest absolute Gasteiger partial charge is 0.359 e. The van der Waals surface area contributed by atoms with Crippen LogP contribution < -0.4 is 10.6 Å². The normalized spacial score (nSPS) is 15.5. The van der Waals surface area contributed by atoms with Gasteiger partial charge in [0.05, 0.1) is 5.52 Å². The number of rotatable bonds is 4. The van der Waals surface area contributed by atoms with Crippen LogP contribution in [0.4, 0.5) is 5.82 Å². The zero-order valence-electron chi connectivity index (χ0n) is 11.5. The first-order chi connectivity index (χ1) is 9.28. The molecule has 0 unspecified atom stereocenters.